The van der Waals surface area contributed by atoms with Gasteiger partial charge in [0, 0.05) is 0 Å². The highest BCUT2D eigenvalue weighted by molar-refractivity contribution is 5.67. The second-order valence-corrected chi connectivity index (χ2v) is 3.60. The zero-order valence-electron chi connectivity index (χ0n) is 9.52. The van der Waals surface area contributed by atoms with Crippen LogP contribution in [0.4, 0.5) is 33.3 Å². The first-order valence-corrected chi connectivity index (χ1v) is 5.11. The topological polar surface area (TPSA) is 48.7 Å². The van der Waals surface area contributed by atoms with E-state index in [4.69, 9.17) is 5.26 Å². The molecule has 0 aliphatic heterocycles. The molecule has 3 nitrogen and oxygen atoms in total. The van der Waals surface area contributed by atoms with Crippen LogP contribution in [0.25, 0.3) is 0 Å². The van der Waals surface area contributed by atoms with E-state index in [0.717, 1.165) is 18.2 Å². The Bertz CT molecular complexity index is 698. The number of nitrogens with zero attached hydrogens (tertiary/aromatic N) is 2. The number of anilines is 2. The van der Waals surface area contributed by atoms with Gasteiger partial charge in [-0.1, -0.05) is 6.07 Å². The van der Waals surface area contributed by atoms with E-state index in [1.165, 1.54) is 6.07 Å². The number of benzene rings is 1. The quantitative estimate of drug-likeness (QED) is 0.679. The normalized spacial score (nSPS) is 10.2. The fourth-order valence-electron chi connectivity index (χ4n) is 1.47. The van der Waals surface area contributed by atoms with Crippen LogP contribution in [0, 0.1) is 40.7 Å². The molecular weight excluding hydrogens is 281 g/mol. The number of rotatable bonds is 2. The van der Waals surface area contributed by atoms with Crippen molar-refractivity contribution in [2.75, 3.05) is 5.32 Å². The molecule has 1 aromatic carbocycles. The third kappa shape index (κ3) is 2.25. The number of pyridine rings is 1. The Balaban J connectivity index is 2.57. The summed E-state index contributed by atoms with van der Waals surface area (Å²) >= 11 is 0. The average Bonchev–Trinajstić information content (AvgIpc) is 2.41. The van der Waals surface area contributed by atoms with E-state index in [1.54, 1.807) is 0 Å². The lowest BCUT2D eigenvalue weighted by Gasteiger charge is -2.10. The van der Waals surface area contributed by atoms with Crippen LogP contribution >= 0.6 is 0 Å². The van der Waals surface area contributed by atoms with Crippen LogP contribution < -0.4 is 5.32 Å². The predicted molar refractivity (Wildman–Crippen MR) is 58.5 cm³/mol. The molecule has 0 saturated heterocycles. The highest BCUT2D eigenvalue weighted by Gasteiger charge is 2.22. The van der Waals surface area contributed by atoms with Crippen molar-refractivity contribution < 1.29 is 22.0 Å². The highest BCUT2D eigenvalue weighted by atomic mass is 19.2. The van der Waals surface area contributed by atoms with E-state index in [0.29, 0.717) is 0 Å². The van der Waals surface area contributed by atoms with Crippen LogP contribution in [0.3, 0.4) is 0 Å². The summed E-state index contributed by atoms with van der Waals surface area (Å²) in [5.41, 5.74) is -2.09. The molecule has 0 saturated carbocycles. The molecule has 0 radical (unpaired) electrons. The van der Waals surface area contributed by atoms with Crippen LogP contribution in [-0.2, 0) is 0 Å². The molecule has 0 fully saturated rings. The Morgan fingerprint density at radius 3 is 2.15 bits per heavy atom. The molecule has 0 aliphatic rings. The zero-order valence-corrected chi connectivity index (χ0v) is 9.52. The van der Waals surface area contributed by atoms with Gasteiger partial charge in [-0.05, 0) is 12.1 Å². The van der Waals surface area contributed by atoms with Crippen molar-refractivity contribution in [1.29, 1.82) is 5.26 Å². The SMILES string of the molecule is N#Cc1c(F)cccc1Nc1c(F)c(F)nc(F)c1F. The van der Waals surface area contributed by atoms with E-state index in [-0.39, 0.29) is 5.69 Å². The van der Waals surface area contributed by atoms with Gasteiger partial charge in [-0.15, -0.1) is 0 Å². The average molecular weight is 285 g/mol. The van der Waals surface area contributed by atoms with Gasteiger partial charge in [0.1, 0.15) is 23.1 Å². The fourth-order valence-corrected chi connectivity index (χ4v) is 1.47. The zero-order chi connectivity index (χ0) is 14.9. The molecule has 1 aromatic heterocycles. The van der Waals surface area contributed by atoms with Gasteiger partial charge in [0.15, 0.2) is 0 Å². The molecule has 102 valence electrons. The molecule has 20 heavy (non-hydrogen) atoms. The van der Waals surface area contributed by atoms with Crippen LogP contribution in [-0.4, -0.2) is 4.98 Å². The Hall–Kier alpha value is -2.69. The summed E-state index contributed by atoms with van der Waals surface area (Å²) in [4.78, 5) is 2.37. The minimum absolute atomic E-state index is 0.338. The van der Waals surface area contributed by atoms with Crippen LogP contribution in [0.15, 0.2) is 18.2 Å². The molecule has 1 N–H and O–H groups in total. The maximum absolute atomic E-state index is 13.4. The lowest BCUT2D eigenvalue weighted by atomic mass is 10.1. The summed E-state index contributed by atoms with van der Waals surface area (Å²) in [6, 6.07) is 4.69. The standard InChI is InChI=1S/C12H4F5N3/c13-6-2-1-3-7(5(6)4-18)19-10-8(14)11(16)20-12(17)9(10)15/h1-3H,(H,19,20). The summed E-state index contributed by atoms with van der Waals surface area (Å²) in [5.74, 6) is -8.23. The first kappa shape index (κ1) is 13.7. The van der Waals surface area contributed by atoms with Gasteiger partial charge < -0.3 is 5.32 Å². The van der Waals surface area contributed by atoms with Crippen molar-refractivity contribution in [2.45, 2.75) is 0 Å². The first-order chi connectivity index (χ1) is 9.45. The molecular formula is C12H4F5N3. The molecule has 0 unspecified atom stereocenters. The number of nitriles is 1. The van der Waals surface area contributed by atoms with E-state index in [2.05, 4.69) is 4.98 Å². The molecule has 8 heteroatoms. The summed E-state index contributed by atoms with van der Waals surface area (Å²) in [6.07, 6.45) is 0. The van der Waals surface area contributed by atoms with Crippen LogP contribution in [0.5, 0.6) is 0 Å². The van der Waals surface area contributed by atoms with Gasteiger partial charge in [-0.2, -0.15) is 27.8 Å². The minimum atomic E-state index is -1.86. The third-order valence-corrected chi connectivity index (χ3v) is 2.38. The smallest absolute Gasteiger partial charge is 0.253 e. The van der Waals surface area contributed by atoms with E-state index >= 15 is 0 Å². The molecule has 0 aliphatic carbocycles. The van der Waals surface area contributed by atoms with Crippen molar-refractivity contribution in [1.82, 2.24) is 4.98 Å². The number of hydrogen-bond acceptors (Lipinski definition) is 3. The minimum Gasteiger partial charge on any atom is -0.349 e. The summed E-state index contributed by atoms with van der Waals surface area (Å²) in [6.45, 7) is 0. The number of nitrogens with one attached hydrogen (secondary N) is 1. The van der Waals surface area contributed by atoms with Crippen molar-refractivity contribution >= 4 is 11.4 Å². The molecule has 0 bridgehead atoms. The van der Waals surface area contributed by atoms with Crippen LogP contribution in [0.2, 0.25) is 0 Å². The summed E-state index contributed by atoms with van der Waals surface area (Å²) in [7, 11) is 0. The van der Waals surface area contributed by atoms with E-state index in [9.17, 15) is 22.0 Å². The number of hydrogen-bond donors (Lipinski definition) is 1. The van der Waals surface area contributed by atoms with Gasteiger partial charge in [0.05, 0.1) is 5.69 Å². The molecule has 2 rings (SSSR count). The summed E-state index contributed by atoms with van der Waals surface area (Å²) in [5, 5.41) is 10.7. The summed E-state index contributed by atoms with van der Waals surface area (Å²) < 4.78 is 65.9. The molecule has 2 aromatic rings. The largest absolute Gasteiger partial charge is 0.349 e. The van der Waals surface area contributed by atoms with Crippen molar-refractivity contribution in [3.8, 4) is 6.07 Å². The highest BCUT2D eigenvalue weighted by Crippen LogP contribution is 2.28. The second-order valence-electron chi connectivity index (χ2n) is 3.60. The Morgan fingerprint density at radius 1 is 1.00 bits per heavy atom. The maximum Gasteiger partial charge on any atom is 0.253 e. The number of halogens is 5. The van der Waals surface area contributed by atoms with E-state index in [1.807, 2.05) is 5.32 Å². The lowest BCUT2D eigenvalue weighted by molar-refractivity contribution is 0.411. The lowest BCUT2D eigenvalue weighted by Crippen LogP contribution is -2.07. The third-order valence-electron chi connectivity index (χ3n) is 2.38. The van der Waals surface area contributed by atoms with Gasteiger partial charge in [0.2, 0.25) is 11.6 Å². The Kier molecular flexibility index (Phi) is 3.52. The van der Waals surface area contributed by atoms with E-state index < -0.39 is 40.6 Å². The monoisotopic (exact) mass is 285 g/mol. The Labute approximate surface area is 109 Å². The Morgan fingerprint density at radius 2 is 1.60 bits per heavy atom. The molecule has 0 amide bonds. The second kappa shape index (κ2) is 5.13. The molecule has 0 spiro atoms. The van der Waals surface area contributed by atoms with Gasteiger partial charge in [0.25, 0.3) is 11.9 Å². The van der Waals surface area contributed by atoms with Gasteiger partial charge in [-0.25, -0.2) is 4.39 Å². The maximum atomic E-state index is 13.4. The van der Waals surface area contributed by atoms with Crippen molar-refractivity contribution in [2.24, 2.45) is 0 Å². The van der Waals surface area contributed by atoms with Crippen molar-refractivity contribution in [3.05, 3.63) is 53.1 Å². The van der Waals surface area contributed by atoms with Gasteiger partial charge in [-0.3, -0.25) is 0 Å². The molecule has 1 heterocycles. The van der Waals surface area contributed by atoms with Gasteiger partial charge >= 0.3 is 0 Å². The molecule has 0 atom stereocenters. The number of aromatic nitrogens is 1. The predicted octanol–water partition coefficient (Wildman–Crippen LogP) is 3.39. The van der Waals surface area contributed by atoms with Crippen LogP contribution in [0.1, 0.15) is 5.56 Å². The van der Waals surface area contributed by atoms with Crippen molar-refractivity contribution in [3.63, 3.8) is 0 Å². The fraction of sp³-hybridized carbons (Fsp3) is 0. The first-order valence-electron chi connectivity index (χ1n) is 5.11.